The number of hydrogen-bond donors (Lipinski definition) is 5. The van der Waals surface area contributed by atoms with Crippen LogP contribution in [0.25, 0.3) is 11.3 Å². The molecule has 1 amide bonds. The van der Waals surface area contributed by atoms with Crippen molar-refractivity contribution in [3.8, 4) is 17.1 Å². The zero-order valence-electron chi connectivity index (χ0n) is 19.6. The zero-order chi connectivity index (χ0) is 24.9. The van der Waals surface area contributed by atoms with Crippen molar-refractivity contribution >= 4 is 42.0 Å². The van der Waals surface area contributed by atoms with E-state index in [0.29, 0.717) is 48.7 Å². The number of carboxylic acid groups (broad SMARTS) is 1. The van der Waals surface area contributed by atoms with Crippen LogP contribution in [-0.2, 0) is 9.59 Å². The average Bonchev–Trinajstić information content (AvgIpc) is 2.85. The highest BCUT2D eigenvalue weighted by Gasteiger charge is 2.27. The number of aliphatic carboxylic acids is 1. The van der Waals surface area contributed by atoms with Gasteiger partial charge in [0, 0.05) is 23.9 Å². The molecule has 3 atom stereocenters. The van der Waals surface area contributed by atoms with Gasteiger partial charge in [0.15, 0.2) is 6.10 Å². The third-order valence-electron chi connectivity index (χ3n) is 5.04. The molecule has 0 aliphatic heterocycles. The number of nitrogens with zero attached hydrogens (tertiary/aromatic N) is 1. The summed E-state index contributed by atoms with van der Waals surface area (Å²) in [5, 5.41) is 15.3. The molecule has 2 unspecified atom stereocenters. The first-order valence-corrected chi connectivity index (χ1v) is 13.3. The van der Waals surface area contributed by atoms with Gasteiger partial charge in [0.1, 0.15) is 6.04 Å². The van der Waals surface area contributed by atoms with Gasteiger partial charge in [-0.05, 0) is 37.0 Å². The molecule has 0 spiro atoms. The summed E-state index contributed by atoms with van der Waals surface area (Å²) in [6.07, 6.45) is 2.42. The van der Waals surface area contributed by atoms with Crippen molar-refractivity contribution in [1.82, 2.24) is 10.3 Å². The highest BCUT2D eigenvalue weighted by Crippen LogP contribution is 2.28. The Hall–Kier alpha value is -2.43. The minimum Gasteiger partial charge on any atom is -0.480 e. The Morgan fingerprint density at radius 3 is 2.56 bits per heavy atom. The Kier molecular flexibility index (Phi) is 12.1. The molecule has 1 aromatic heterocycles. The van der Waals surface area contributed by atoms with E-state index in [2.05, 4.69) is 28.2 Å². The lowest BCUT2D eigenvalue weighted by atomic mass is 10.1. The van der Waals surface area contributed by atoms with Crippen molar-refractivity contribution in [3.05, 3.63) is 42.5 Å². The van der Waals surface area contributed by atoms with Gasteiger partial charge in [-0.25, -0.2) is 9.78 Å². The summed E-state index contributed by atoms with van der Waals surface area (Å²) in [5.74, 6) is -0.148. The number of thiol groups is 1. The normalized spacial score (nSPS) is 13.5. The molecule has 34 heavy (non-hydrogen) atoms. The SMILES string of the molecule is CCC[C@H](Oc1nc(-c2ccccc2)ccc1NCC(N)CS)C(=O)NC(CCSC)C(=O)O. The number of carbonyl (C=O) groups is 2. The second kappa shape index (κ2) is 14.7. The van der Waals surface area contributed by atoms with E-state index in [0.717, 1.165) is 5.56 Å². The summed E-state index contributed by atoms with van der Waals surface area (Å²) in [7, 11) is 0. The van der Waals surface area contributed by atoms with Gasteiger partial charge in [0.25, 0.3) is 5.91 Å². The van der Waals surface area contributed by atoms with Crippen LogP contribution in [0.15, 0.2) is 42.5 Å². The van der Waals surface area contributed by atoms with Gasteiger partial charge in [-0.2, -0.15) is 24.4 Å². The number of rotatable bonds is 15. The van der Waals surface area contributed by atoms with Crippen molar-refractivity contribution in [2.24, 2.45) is 5.73 Å². The molecule has 0 fully saturated rings. The Bertz CT molecular complexity index is 917. The summed E-state index contributed by atoms with van der Waals surface area (Å²) in [6, 6.07) is 12.2. The Morgan fingerprint density at radius 1 is 1.21 bits per heavy atom. The van der Waals surface area contributed by atoms with E-state index < -0.39 is 24.0 Å². The molecule has 5 N–H and O–H groups in total. The van der Waals surface area contributed by atoms with Crippen molar-refractivity contribution in [2.75, 3.05) is 29.6 Å². The van der Waals surface area contributed by atoms with Gasteiger partial charge in [-0.15, -0.1) is 0 Å². The lowest BCUT2D eigenvalue weighted by molar-refractivity contribution is -0.143. The molecule has 1 heterocycles. The third kappa shape index (κ3) is 8.73. The highest BCUT2D eigenvalue weighted by molar-refractivity contribution is 7.98. The molecular weight excluding hydrogens is 472 g/mol. The van der Waals surface area contributed by atoms with E-state index in [4.69, 9.17) is 10.5 Å². The fraction of sp³-hybridized carbons (Fsp3) is 0.458. The lowest BCUT2D eigenvalue weighted by Gasteiger charge is -2.23. The number of anilines is 1. The fourth-order valence-corrected chi connectivity index (χ4v) is 3.74. The maximum Gasteiger partial charge on any atom is 0.326 e. The maximum atomic E-state index is 13.0. The first-order valence-electron chi connectivity index (χ1n) is 11.2. The van der Waals surface area contributed by atoms with E-state index in [1.807, 2.05) is 55.6 Å². The number of benzene rings is 1. The molecule has 186 valence electrons. The smallest absolute Gasteiger partial charge is 0.326 e. The minimum atomic E-state index is -1.06. The van der Waals surface area contributed by atoms with Gasteiger partial charge in [0.05, 0.1) is 11.4 Å². The number of nitrogens with two attached hydrogens (primary N) is 1. The first kappa shape index (κ1) is 27.8. The van der Waals surface area contributed by atoms with Crippen LogP contribution in [-0.4, -0.2) is 64.5 Å². The van der Waals surface area contributed by atoms with Crippen LogP contribution in [0, 0.1) is 0 Å². The molecule has 2 aromatic rings. The maximum absolute atomic E-state index is 13.0. The molecule has 0 saturated carbocycles. The molecule has 0 aliphatic rings. The molecule has 8 nitrogen and oxygen atoms in total. The summed E-state index contributed by atoms with van der Waals surface area (Å²) < 4.78 is 6.12. The van der Waals surface area contributed by atoms with Crippen molar-refractivity contribution in [2.45, 2.75) is 44.4 Å². The van der Waals surface area contributed by atoms with Gasteiger partial charge in [-0.3, -0.25) is 4.79 Å². The number of pyridine rings is 1. The van der Waals surface area contributed by atoms with Gasteiger partial charge < -0.3 is 26.2 Å². The number of hydrogen-bond acceptors (Lipinski definition) is 8. The summed E-state index contributed by atoms with van der Waals surface area (Å²) >= 11 is 5.75. The van der Waals surface area contributed by atoms with Gasteiger partial charge >= 0.3 is 5.97 Å². The van der Waals surface area contributed by atoms with Crippen LogP contribution in [0.3, 0.4) is 0 Å². The average molecular weight is 507 g/mol. The number of carboxylic acids is 1. The molecular formula is C24H34N4O4S2. The summed E-state index contributed by atoms with van der Waals surface area (Å²) in [4.78, 5) is 29.3. The van der Waals surface area contributed by atoms with Crippen molar-refractivity contribution in [3.63, 3.8) is 0 Å². The van der Waals surface area contributed by atoms with E-state index in [9.17, 15) is 14.7 Å². The number of carbonyl (C=O) groups excluding carboxylic acids is 1. The monoisotopic (exact) mass is 506 g/mol. The highest BCUT2D eigenvalue weighted by atomic mass is 32.2. The third-order valence-corrected chi connectivity index (χ3v) is 6.15. The predicted molar refractivity (Wildman–Crippen MR) is 142 cm³/mol. The van der Waals surface area contributed by atoms with Crippen LogP contribution < -0.4 is 21.1 Å². The van der Waals surface area contributed by atoms with Crippen molar-refractivity contribution in [1.29, 1.82) is 0 Å². The standard InChI is InChI=1S/C24H34N4O4S2/c1-3-7-21(22(29)27-20(24(30)31)12-13-34-2)32-23-19(26-14-17(25)15-33)11-10-18(28-23)16-8-5-4-6-9-16/h4-6,8-11,17,20-21,26,33H,3,7,12-15,25H2,1-2H3,(H,27,29)(H,30,31)/t17?,20?,21-/m0/s1. The second-order valence-corrected chi connectivity index (χ2v) is 9.17. The van der Waals surface area contributed by atoms with Crippen LogP contribution in [0.5, 0.6) is 5.88 Å². The Labute approximate surface area is 210 Å². The van der Waals surface area contributed by atoms with E-state index in [1.165, 1.54) is 11.8 Å². The van der Waals surface area contributed by atoms with Gasteiger partial charge in [-0.1, -0.05) is 43.7 Å². The predicted octanol–water partition coefficient (Wildman–Crippen LogP) is 3.29. The van der Waals surface area contributed by atoms with Gasteiger partial charge in [0.2, 0.25) is 5.88 Å². The lowest BCUT2D eigenvalue weighted by Crippen LogP contribution is -2.47. The molecule has 10 heteroatoms. The quantitative estimate of drug-likeness (QED) is 0.233. The molecule has 0 bridgehead atoms. The number of nitrogens with one attached hydrogen (secondary N) is 2. The number of aromatic nitrogens is 1. The molecule has 0 radical (unpaired) electrons. The van der Waals surface area contributed by atoms with E-state index in [-0.39, 0.29) is 11.9 Å². The number of thioether (sulfide) groups is 1. The largest absolute Gasteiger partial charge is 0.480 e. The topological polar surface area (TPSA) is 127 Å². The zero-order valence-corrected chi connectivity index (χ0v) is 21.3. The Morgan fingerprint density at radius 2 is 1.94 bits per heavy atom. The molecule has 2 rings (SSSR count). The van der Waals surface area contributed by atoms with Crippen LogP contribution in [0.2, 0.25) is 0 Å². The number of amides is 1. The fourth-order valence-electron chi connectivity index (χ4n) is 3.14. The molecule has 0 saturated heterocycles. The number of ether oxygens (including phenoxy) is 1. The molecule has 1 aromatic carbocycles. The first-order chi connectivity index (χ1) is 16.4. The molecule has 0 aliphatic carbocycles. The van der Waals surface area contributed by atoms with Crippen molar-refractivity contribution < 1.29 is 19.4 Å². The minimum absolute atomic E-state index is 0.174. The van der Waals surface area contributed by atoms with Crippen LogP contribution >= 0.6 is 24.4 Å². The van der Waals surface area contributed by atoms with Crippen LogP contribution in [0.1, 0.15) is 26.2 Å². The Balaban J connectivity index is 2.31. The van der Waals surface area contributed by atoms with E-state index >= 15 is 0 Å². The summed E-state index contributed by atoms with van der Waals surface area (Å²) in [6.45, 7) is 2.39. The second-order valence-electron chi connectivity index (χ2n) is 7.81. The van der Waals surface area contributed by atoms with E-state index in [1.54, 1.807) is 0 Å². The van der Waals surface area contributed by atoms with Crippen LogP contribution in [0.4, 0.5) is 5.69 Å². The summed E-state index contributed by atoms with van der Waals surface area (Å²) in [5.41, 5.74) is 8.19.